The Morgan fingerprint density at radius 1 is 1.22 bits per heavy atom. The second kappa shape index (κ2) is 6.61. The van der Waals surface area contributed by atoms with Gasteiger partial charge in [0.25, 0.3) is 0 Å². The molecule has 0 saturated carbocycles. The first kappa shape index (κ1) is 14.8. The maximum Gasteiger partial charge on any atom is 0.123 e. The smallest absolute Gasteiger partial charge is 0.123 e. The van der Waals surface area contributed by atoms with Crippen molar-refractivity contribution in [2.75, 3.05) is 20.6 Å². The van der Waals surface area contributed by atoms with Gasteiger partial charge < -0.3 is 20.4 Å². The SMILES string of the molecule is CC(C)C(CNCc1ccc(O)cc1O)N(C)C. The van der Waals surface area contributed by atoms with Crippen LogP contribution in [-0.4, -0.2) is 41.8 Å². The van der Waals surface area contributed by atoms with Crippen molar-refractivity contribution >= 4 is 0 Å². The number of rotatable bonds is 6. The van der Waals surface area contributed by atoms with E-state index in [2.05, 4.69) is 38.2 Å². The first-order chi connectivity index (χ1) is 8.41. The predicted molar refractivity (Wildman–Crippen MR) is 73.8 cm³/mol. The molecule has 0 aliphatic rings. The Kier molecular flexibility index (Phi) is 5.44. The first-order valence-electron chi connectivity index (χ1n) is 6.29. The average Bonchev–Trinajstić information content (AvgIpc) is 2.25. The molecule has 0 amide bonds. The predicted octanol–water partition coefficient (Wildman–Crippen LogP) is 1.77. The Hall–Kier alpha value is -1.26. The monoisotopic (exact) mass is 252 g/mol. The zero-order valence-electron chi connectivity index (χ0n) is 11.6. The number of phenolic OH excluding ortho intramolecular Hbond substituents is 2. The standard InChI is InChI=1S/C14H24N2O2/c1-10(2)13(16(3)4)9-15-8-11-5-6-12(17)7-14(11)18/h5-7,10,13,15,17-18H,8-9H2,1-4H3. The molecule has 102 valence electrons. The van der Waals surface area contributed by atoms with E-state index in [9.17, 15) is 10.2 Å². The van der Waals surface area contributed by atoms with Gasteiger partial charge in [-0.2, -0.15) is 0 Å². The van der Waals surface area contributed by atoms with E-state index >= 15 is 0 Å². The lowest BCUT2D eigenvalue weighted by molar-refractivity contribution is 0.224. The van der Waals surface area contributed by atoms with Crippen LogP contribution < -0.4 is 5.32 Å². The van der Waals surface area contributed by atoms with Crippen LogP contribution in [0, 0.1) is 5.92 Å². The number of hydrogen-bond donors (Lipinski definition) is 3. The van der Waals surface area contributed by atoms with Crippen LogP contribution in [0.4, 0.5) is 0 Å². The summed E-state index contributed by atoms with van der Waals surface area (Å²) in [6, 6.07) is 5.15. The van der Waals surface area contributed by atoms with Gasteiger partial charge >= 0.3 is 0 Å². The molecule has 0 fully saturated rings. The maximum absolute atomic E-state index is 9.66. The van der Waals surface area contributed by atoms with Crippen LogP contribution in [0.3, 0.4) is 0 Å². The molecule has 0 heterocycles. The van der Waals surface area contributed by atoms with Gasteiger partial charge in [0, 0.05) is 30.8 Å². The van der Waals surface area contributed by atoms with E-state index in [1.807, 2.05) is 0 Å². The van der Waals surface area contributed by atoms with E-state index in [0.29, 0.717) is 18.5 Å². The Bertz CT molecular complexity index is 370. The fourth-order valence-electron chi connectivity index (χ4n) is 2.07. The molecule has 4 nitrogen and oxygen atoms in total. The van der Waals surface area contributed by atoms with Gasteiger partial charge in [-0.15, -0.1) is 0 Å². The Balaban J connectivity index is 2.50. The van der Waals surface area contributed by atoms with Crippen molar-refractivity contribution in [2.24, 2.45) is 5.92 Å². The second-order valence-electron chi connectivity index (χ2n) is 5.22. The number of nitrogens with zero attached hydrogens (tertiary/aromatic N) is 1. The van der Waals surface area contributed by atoms with Gasteiger partial charge in [0.05, 0.1) is 0 Å². The third kappa shape index (κ3) is 4.20. The van der Waals surface area contributed by atoms with Crippen LogP contribution in [0.1, 0.15) is 19.4 Å². The molecular weight excluding hydrogens is 228 g/mol. The van der Waals surface area contributed by atoms with Gasteiger partial charge in [-0.05, 0) is 26.1 Å². The quantitative estimate of drug-likeness (QED) is 0.722. The number of hydrogen-bond acceptors (Lipinski definition) is 4. The van der Waals surface area contributed by atoms with E-state index in [1.165, 1.54) is 6.07 Å². The van der Waals surface area contributed by atoms with Gasteiger partial charge in [-0.25, -0.2) is 0 Å². The van der Waals surface area contributed by atoms with Crippen molar-refractivity contribution in [3.8, 4) is 11.5 Å². The van der Waals surface area contributed by atoms with E-state index < -0.39 is 0 Å². The molecule has 1 unspecified atom stereocenters. The summed E-state index contributed by atoms with van der Waals surface area (Å²) in [5.74, 6) is 0.791. The molecule has 0 aliphatic carbocycles. The molecule has 0 spiro atoms. The van der Waals surface area contributed by atoms with E-state index in [0.717, 1.165) is 12.1 Å². The highest BCUT2D eigenvalue weighted by molar-refractivity contribution is 5.38. The lowest BCUT2D eigenvalue weighted by Crippen LogP contribution is -2.41. The Morgan fingerprint density at radius 2 is 1.89 bits per heavy atom. The molecule has 0 aliphatic heterocycles. The molecule has 1 atom stereocenters. The summed E-state index contributed by atoms with van der Waals surface area (Å²) in [6.07, 6.45) is 0. The van der Waals surface area contributed by atoms with Crippen LogP contribution >= 0.6 is 0 Å². The van der Waals surface area contributed by atoms with Crippen molar-refractivity contribution in [2.45, 2.75) is 26.4 Å². The normalized spacial score (nSPS) is 13.2. The summed E-state index contributed by atoms with van der Waals surface area (Å²) < 4.78 is 0. The summed E-state index contributed by atoms with van der Waals surface area (Å²) in [4.78, 5) is 2.20. The molecule has 0 saturated heterocycles. The molecule has 1 aromatic carbocycles. The van der Waals surface area contributed by atoms with Gasteiger partial charge in [-0.1, -0.05) is 19.9 Å². The largest absolute Gasteiger partial charge is 0.508 e. The van der Waals surface area contributed by atoms with Crippen LogP contribution in [0.25, 0.3) is 0 Å². The van der Waals surface area contributed by atoms with Crippen LogP contribution in [0.2, 0.25) is 0 Å². The van der Waals surface area contributed by atoms with Gasteiger partial charge in [0.15, 0.2) is 0 Å². The van der Waals surface area contributed by atoms with E-state index in [4.69, 9.17) is 0 Å². The Labute approximate surface area is 109 Å². The third-order valence-electron chi connectivity index (χ3n) is 3.17. The van der Waals surface area contributed by atoms with Gasteiger partial charge in [0.2, 0.25) is 0 Å². The molecule has 1 aromatic rings. The van der Waals surface area contributed by atoms with Gasteiger partial charge in [-0.3, -0.25) is 0 Å². The molecule has 1 rings (SSSR count). The fraction of sp³-hybridized carbons (Fsp3) is 0.571. The van der Waals surface area contributed by atoms with Crippen molar-refractivity contribution in [1.82, 2.24) is 10.2 Å². The van der Waals surface area contributed by atoms with Crippen molar-refractivity contribution in [3.63, 3.8) is 0 Å². The lowest BCUT2D eigenvalue weighted by Gasteiger charge is -2.28. The minimum atomic E-state index is 0.0876. The molecular formula is C14H24N2O2. The van der Waals surface area contributed by atoms with Crippen molar-refractivity contribution in [1.29, 1.82) is 0 Å². The summed E-state index contributed by atoms with van der Waals surface area (Å²) in [5.41, 5.74) is 0.800. The highest BCUT2D eigenvalue weighted by Crippen LogP contribution is 2.22. The maximum atomic E-state index is 9.66. The minimum Gasteiger partial charge on any atom is -0.508 e. The Morgan fingerprint density at radius 3 is 2.39 bits per heavy atom. The highest BCUT2D eigenvalue weighted by Gasteiger charge is 2.15. The van der Waals surface area contributed by atoms with Gasteiger partial charge in [0.1, 0.15) is 11.5 Å². The molecule has 18 heavy (non-hydrogen) atoms. The zero-order valence-corrected chi connectivity index (χ0v) is 11.6. The number of benzene rings is 1. The molecule has 0 radical (unpaired) electrons. The zero-order chi connectivity index (χ0) is 13.7. The third-order valence-corrected chi connectivity index (χ3v) is 3.17. The topological polar surface area (TPSA) is 55.7 Å². The number of phenols is 2. The lowest BCUT2D eigenvalue weighted by atomic mass is 10.0. The van der Waals surface area contributed by atoms with Crippen LogP contribution in [0.15, 0.2) is 18.2 Å². The second-order valence-corrected chi connectivity index (χ2v) is 5.22. The first-order valence-corrected chi connectivity index (χ1v) is 6.29. The van der Waals surface area contributed by atoms with E-state index in [-0.39, 0.29) is 11.5 Å². The number of likely N-dealkylation sites (N-methyl/N-ethyl adjacent to an activating group) is 1. The molecule has 4 heteroatoms. The fourth-order valence-corrected chi connectivity index (χ4v) is 2.07. The summed E-state index contributed by atoms with van der Waals surface area (Å²) in [6.45, 7) is 5.86. The van der Waals surface area contributed by atoms with E-state index in [1.54, 1.807) is 12.1 Å². The van der Waals surface area contributed by atoms with Crippen LogP contribution in [0.5, 0.6) is 11.5 Å². The number of aromatic hydroxyl groups is 2. The molecule has 3 N–H and O–H groups in total. The van der Waals surface area contributed by atoms with Crippen molar-refractivity contribution in [3.05, 3.63) is 23.8 Å². The molecule has 0 bridgehead atoms. The molecule has 0 aromatic heterocycles. The summed E-state index contributed by atoms with van der Waals surface area (Å²) >= 11 is 0. The summed E-state index contributed by atoms with van der Waals surface area (Å²) in [5, 5.41) is 22.2. The summed E-state index contributed by atoms with van der Waals surface area (Å²) in [7, 11) is 4.15. The number of nitrogens with one attached hydrogen (secondary N) is 1. The highest BCUT2D eigenvalue weighted by atomic mass is 16.3. The van der Waals surface area contributed by atoms with Crippen molar-refractivity contribution < 1.29 is 10.2 Å². The minimum absolute atomic E-state index is 0.0876. The van der Waals surface area contributed by atoms with Crippen LogP contribution in [-0.2, 0) is 6.54 Å². The average molecular weight is 252 g/mol.